The van der Waals surface area contributed by atoms with Crippen molar-refractivity contribution in [2.24, 2.45) is 5.92 Å². The third-order valence-corrected chi connectivity index (χ3v) is 8.58. The first-order valence-corrected chi connectivity index (χ1v) is 13.7. The van der Waals surface area contributed by atoms with E-state index in [-0.39, 0.29) is 11.7 Å². The molecule has 1 aliphatic rings. The van der Waals surface area contributed by atoms with E-state index in [9.17, 15) is 9.59 Å². The second-order valence-corrected chi connectivity index (χ2v) is 10.8. The molecule has 176 valence electrons. The van der Waals surface area contributed by atoms with E-state index in [4.69, 9.17) is 4.74 Å². The minimum absolute atomic E-state index is 0.171. The summed E-state index contributed by atoms with van der Waals surface area (Å²) in [5, 5.41) is 14.9. The molecule has 1 amide bonds. The number of fused-ring (bicyclic) bond motifs is 1. The van der Waals surface area contributed by atoms with Crippen LogP contribution in [0.2, 0.25) is 0 Å². The lowest BCUT2D eigenvalue weighted by Gasteiger charge is -2.19. The molecule has 0 aliphatic heterocycles. The number of anilines is 1. The van der Waals surface area contributed by atoms with Crippen LogP contribution in [-0.4, -0.2) is 44.0 Å². The highest BCUT2D eigenvalue weighted by atomic mass is 32.2. The molecule has 0 bridgehead atoms. The van der Waals surface area contributed by atoms with Gasteiger partial charge in [-0.1, -0.05) is 30.0 Å². The lowest BCUT2D eigenvalue weighted by molar-refractivity contribution is -0.113. The quantitative estimate of drug-likeness (QED) is 0.346. The summed E-state index contributed by atoms with van der Waals surface area (Å²) in [6.45, 7) is 8.86. The summed E-state index contributed by atoms with van der Waals surface area (Å²) in [6.07, 6.45) is 3.42. The van der Waals surface area contributed by atoms with Gasteiger partial charge >= 0.3 is 5.97 Å². The summed E-state index contributed by atoms with van der Waals surface area (Å²) in [5.41, 5.74) is 3.13. The fourth-order valence-corrected chi connectivity index (χ4v) is 6.79. The Bertz CT molecular complexity index is 1170. The Morgan fingerprint density at radius 2 is 2.15 bits per heavy atom. The molecule has 0 saturated carbocycles. The van der Waals surface area contributed by atoms with Gasteiger partial charge in [0.1, 0.15) is 4.88 Å². The maximum atomic E-state index is 12.5. The van der Waals surface area contributed by atoms with Gasteiger partial charge in [-0.05, 0) is 51.5 Å². The molecule has 0 aromatic carbocycles. The predicted molar refractivity (Wildman–Crippen MR) is 132 cm³/mol. The molecule has 3 aromatic heterocycles. The number of thioether (sulfide) groups is 1. The van der Waals surface area contributed by atoms with Crippen LogP contribution in [0.15, 0.2) is 10.5 Å². The minimum Gasteiger partial charge on any atom is -0.462 e. The Kier molecular flexibility index (Phi) is 7.50. The molecule has 3 aromatic rings. The lowest BCUT2D eigenvalue weighted by Crippen LogP contribution is -2.14. The van der Waals surface area contributed by atoms with Crippen LogP contribution in [0.25, 0.3) is 11.4 Å². The third kappa shape index (κ3) is 5.15. The number of aryl methyl sites for hydroxylation is 1. The second-order valence-electron chi connectivity index (χ2n) is 7.94. The van der Waals surface area contributed by atoms with E-state index in [1.807, 2.05) is 11.3 Å². The third-order valence-electron chi connectivity index (χ3n) is 5.51. The van der Waals surface area contributed by atoms with Crippen LogP contribution in [0.4, 0.5) is 5.13 Å². The lowest BCUT2D eigenvalue weighted by atomic mass is 9.88. The molecule has 0 fully saturated rings. The van der Waals surface area contributed by atoms with E-state index in [0.29, 0.717) is 27.5 Å². The topological polar surface area (TPSA) is 99.0 Å². The summed E-state index contributed by atoms with van der Waals surface area (Å²) in [5.74, 6) is 1.15. The molecule has 1 aliphatic carbocycles. The molecule has 8 nitrogen and oxygen atoms in total. The number of hydrogen-bond donors (Lipinski definition) is 1. The number of nitrogens with one attached hydrogen (secondary N) is 1. The van der Waals surface area contributed by atoms with Gasteiger partial charge in [-0.3, -0.25) is 4.79 Å². The highest BCUT2D eigenvalue weighted by molar-refractivity contribution is 7.99. The van der Waals surface area contributed by atoms with E-state index >= 15 is 0 Å². The zero-order valence-corrected chi connectivity index (χ0v) is 21.6. The molecule has 0 radical (unpaired) electrons. The van der Waals surface area contributed by atoms with Crippen molar-refractivity contribution in [3.63, 3.8) is 0 Å². The van der Waals surface area contributed by atoms with E-state index in [0.717, 1.165) is 42.5 Å². The van der Waals surface area contributed by atoms with E-state index in [1.54, 1.807) is 13.8 Å². The maximum absolute atomic E-state index is 12.5. The highest BCUT2D eigenvalue weighted by Crippen LogP contribution is 2.38. The summed E-state index contributed by atoms with van der Waals surface area (Å²) in [6, 6.07) is 0. The van der Waals surface area contributed by atoms with Gasteiger partial charge in [0.05, 0.1) is 18.1 Å². The van der Waals surface area contributed by atoms with Gasteiger partial charge in [0, 0.05) is 22.4 Å². The Morgan fingerprint density at radius 3 is 2.91 bits per heavy atom. The average Bonchev–Trinajstić information content (AvgIpc) is 3.48. The van der Waals surface area contributed by atoms with E-state index in [1.165, 1.54) is 34.2 Å². The SMILES string of the molecule is CCOC(=O)c1sc(NC(=O)CSc2nnc(-c3csc4c3CCC(C)C4)n2CC)nc1C. The van der Waals surface area contributed by atoms with Crippen LogP contribution in [0.1, 0.15) is 53.0 Å². The van der Waals surface area contributed by atoms with Crippen molar-refractivity contribution in [1.29, 1.82) is 0 Å². The number of carbonyl (C=O) groups excluding carboxylic acids is 2. The largest absolute Gasteiger partial charge is 0.462 e. The van der Waals surface area contributed by atoms with Crippen LogP contribution in [0, 0.1) is 12.8 Å². The first kappa shape index (κ1) is 23.9. The normalized spacial score (nSPS) is 15.3. The molecule has 0 spiro atoms. The minimum atomic E-state index is -0.420. The van der Waals surface area contributed by atoms with Crippen LogP contribution >= 0.6 is 34.4 Å². The van der Waals surface area contributed by atoms with Crippen molar-refractivity contribution >= 4 is 51.4 Å². The monoisotopic (exact) mass is 505 g/mol. The summed E-state index contributed by atoms with van der Waals surface area (Å²) < 4.78 is 7.10. The molecule has 11 heteroatoms. The zero-order valence-electron chi connectivity index (χ0n) is 19.1. The van der Waals surface area contributed by atoms with Crippen molar-refractivity contribution in [2.75, 3.05) is 17.7 Å². The predicted octanol–water partition coefficient (Wildman–Crippen LogP) is 4.82. The summed E-state index contributed by atoms with van der Waals surface area (Å²) in [4.78, 5) is 30.6. The van der Waals surface area contributed by atoms with Crippen LogP contribution in [0.3, 0.4) is 0 Å². The Balaban J connectivity index is 1.43. The molecule has 1 unspecified atom stereocenters. The number of amides is 1. The van der Waals surface area contributed by atoms with E-state index in [2.05, 4.69) is 44.3 Å². The number of ether oxygens (including phenoxy) is 1. The summed E-state index contributed by atoms with van der Waals surface area (Å²) in [7, 11) is 0. The number of rotatable bonds is 8. The first-order valence-electron chi connectivity index (χ1n) is 11.0. The molecule has 33 heavy (non-hydrogen) atoms. The second kappa shape index (κ2) is 10.4. The van der Waals surface area contributed by atoms with Crippen molar-refractivity contribution in [3.05, 3.63) is 26.4 Å². The Morgan fingerprint density at radius 1 is 1.33 bits per heavy atom. The zero-order chi connectivity index (χ0) is 23.5. The van der Waals surface area contributed by atoms with E-state index < -0.39 is 5.97 Å². The Labute approximate surface area is 205 Å². The van der Waals surface area contributed by atoms with Gasteiger partial charge in [0.2, 0.25) is 5.91 Å². The van der Waals surface area contributed by atoms with Crippen molar-refractivity contribution in [3.8, 4) is 11.4 Å². The smallest absolute Gasteiger partial charge is 0.350 e. The van der Waals surface area contributed by atoms with Gasteiger partial charge in [-0.2, -0.15) is 0 Å². The molecule has 3 heterocycles. The number of thiazole rings is 1. The molecule has 1 N–H and O–H groups in total. The number of aromatic nitrogens is 4. The number of esters is 1. The molecule has 0 saturated heterocycles. The van der Waals surface area contributed by atoms with Crippen molar-refractivity contribution in [2.45, 2.75) is 58.7 Å². The van der Waals surface area contributed by atoms with Crippen molar-refractivity contribution < 1.29 is 14.3 Å². The van der Waals surface area contributed by atoms with Gasteiger partial charge in [-0.25, -0.2) is 9.78 Å². The van der Waals surface area contributed by atoms with Crippen LogP contribution < -0.4 is 5.32 Å². The molecule has 1 atom stereocenters. The maximum Gasteiger partial charge on any atom is 0.350 e. The highest BCUT2D eigenvalue weighted by Gasteiger charge is 2.24. The van der Waals surface area contributed by atoms with Gasteiger partial charge in [-0.15, -0.1) is 21.5 Å². The van der Waals surface area contributed by atoms with Gasteiger partial charge in [0.25, 0.3) is 0 Å². The standard InChI is InChI=1S/C22H27N5O3S3/c1-5-27-19(15-10-31-16-9-12(3)7-8-14(15)16)25-26-22(27)32-11-17(28)24-21-23-13(4)18(33-21)20(29)30-6-2/h10,12H,5-9,11H2,1-4H3,(H,23,24,28). The number of hydrogen-bond acceptors (Lipinski definition) is 9. The van der Waals surface area contributed by atoms with Gasteiger partial charge in [0.15, 0.2) is 16.1 Å². The molecular formula is C22H27N5O3S3. The number of carbonyl (C=O) groups is 2. The molecule has 4 rings (SSSR count). The van der Waals surface area contributed by atoms with Crippen molar-refractivity contribution in [1.82, 2.24) is 19.7 Å². The Hall–Kier alpha value is -2.24. The average molecular weight is 506 g/mol. The summed E-state index contributed by atoms with van der Waals surface area (Å²) >= 11 is 4.28. The fraction of sp³-hybridized carbons (Fsp3) is 0.500. The van der Waals surface area contributed by atoms with Gasteiger partial charge < -0.3 is 14.6 Å². The fourth-order valence-electron chi connectivity index (χ4n) is 3.87. The number of thiophene rings is 1. The van der Waals surface area contributed by atoms with Crippen LogP contribution in [0.5, 0.6) is 0 Å². The van der Waals surface area contributed by atoms with Crippen LogP contribution in [-0.2, 0) is 28.9 Å². The molecular weight excluding hydrogens is 478 g/mol. The first-order chi connectivity index (χ1) is 15.9. The number of nitrogens with zero attached hydrogens (tertiary/aromatic N) is 4.